The second kappa shape index (κ2) is 8.14. The molecule has 1 N–H and O–H groups in total. The molecule has 4 rings (SSSR count). The molecule has 3 aromatic rings. The van der Waals surface area contributed by atoms with Crippen LogP contribution in [0.2, 0.25) is 0 Å². The maximum atomic E-state index is 12.6. The van der Waals surface area contributed by atoms with Crippen LogP contribution in [0.5, 0.6) is 0 Å². The number of nitrogens with one attached hydrogen (secondary N) is 1. The average Bonchev–Trinajstić information content (AvgIpc) is 3.23. The summed E-state index contributed by atoms with van der Waals surface area (Å²) in [6.45, 7) is 2.47. The average molecular weight is 441 g/mol. The van der Waals surface area contributed by atoms with Crippen molar-refractivity contribution >= 4 is 44.1 Å². The first-order chi connectivity index (χ1) is 13.6. The van der Waals surface area contributed by atoms with E-state index in [-0.39, 0.29) is 24.4 Å². The van der Waals surface area contributed by atoms with E-state index < -0.39 is 0 Å². The third-order valence-corrected chi connectivity index (χ3v) is 5.48. The Morgan fingerprint density at radius 2 is 1.86 bits per heavy atom. The highest BCUT2D eigenvalue weighted by Crippen LogP contribution is 2.22. The predicted molar refractivity (Wildman–Crippen MR) is 115 cm³/mol. The normalized spacial score (nSPS) is 13.8. The van der Waals surface area contributed by atoms with Gasteiger partial charge in [-0.15, -0.1) is 0 Å². The zero-order valence-electron chi connectivity index (χ0n) is 15.4. The third kappa shape index (κ3) is 4.09. The summed E-state index contributed by atoms with van der Waals surface area (Å²) >= 11 is 3.37. The monoisotopic (exact) mass is 440 g/mol. The van der Waals surface area contributed by atoms with Gasteiger partial charge < -0.3 is 10.2 Å². The van der Waals surface area contributed by atoms with Crippen LogP contribution in [0.15, 0.2) is 58.1 Å². The number of carbonyl (C=O) groups excluding carboxylic acids is 1. The van der Waals surface area contributed by atoms with Crippen molar-refractivity contribution in [1.82, 2.24) is 9.55 Å². The minimum Gasteiger partial charge on any atom is -0.372 e. The smallest absolute Gasteiger partial charge is 0.261 e. The molecule has 0 spiro atoms. The number of carbonyl (C=O) groups is 1. The second-order valence-corrected chi connectivity index (χ2v) is 7.86. The second-order valence-electron chi connectivity index (χ2n) is 6.94. The minimum atomic E-state index is -0.144. The van der Waals surface area contributed by atoms with Gasteiger partial charge in [-0.25, -0.2) is 4.98 Å². The van der Waals surface area contributed by atoms with Gasteiger partial charge >= 0.3 is 0 Å². The van der Waals surface area contributed by atoms with Crippen LogP contribution in [-0.2, 0) is 11.3 Å². The van der Waals surface area contributed by atoms with E-state index >= 15 is 0 Å². The maximum Gasteiger partial charge on any atom is 0.261 e. The van der Waals surface area contributed by atoms with Crippen LogP contribution in [0.1, 0.15) is 19.3 Å². The molecule has 0 saturated carbocycles. The number of amides is 1. The Morgan fingerprint density at radius 3 is 2.61 bits per heavy atom. The molecule has 1 aromatic heterocycles. The number of aryl methyl sites for hydroxylation is 1. The van der Waals surface area contributed by atoms with Crippen molar-refractivity contribution in [2.24, 2.45) is 0 Å². The number of halogens is 1. The van der Waals surface area contributed by atoms with Crippen LogP contribution in [0, 0.1) is 0 Å². The Hall–Kier alpha value is -2.67. The largest absolute Gasteiger partial charge is 0.372 e. The summed E-state index contributed by atoms with van der Waals surface area (Å²) in [4.78, 5) is 31.5. The molecule has 1 aliphatic heterocycles. The molecular weight excluding hydrogens is 420 g/mol. The molecular formula is C21H21BrN4O2. The summed E-state index contributed by atoms with van der Waals surface area (Å²) < 4.78 is 2.30. The molecule has 6 nitrogen and oxygen atoms in total. The number of hydrogen-bond acceptors (Lipinski definition) is 4. The number of fused-ring (bicyclic) bond motifs is 1. The molecule has 1 saturated heterocycles. The van der Waals surface area contributed by atoms with Crippen molar-refractivity contribution in [3.8, 4) is 0 Å². The van der Waals surface area contributed by atoms with E-state index in [9.17, 15) is 9.59 Å². The van der Waals surface area contributed by atoms with E-state index in [1.807, 2.05) is 30.3 Å². The van der Waals surface area contributed by atoms with Gasteiger partial charge in [-0.1, -0.05) is 15.9 Å². The topological polar surface area (TPSA) is 67.2 Å². The van der Waals surface area contributed by atoms with Gasteiger partial charge in [0.05, 0.1) is 17.2 Å². The van der Waals surface area contributed by atoms with E-state index in [0.717, 1.165) is 23.2 Å². The molecule has 1 amide bonds. The number of anilines is 2. The lowest BCUT2D eigenvalue weighted by Gasteiger charge is -2.17. The highest BCUT2D eigenvalue weighted by atomic mass is 79.9. The molecule has 0 aliphatic carbocycles. The predicted octanol–water partition coefficient (Wildman–Crippen LogP) is 3.79. The standard InChI is InChI=1S/C21H21BrN4O2/c22-15-3-8-19-18(13-15)21(28)26(14-23-19)12-9-20(27)24-16-4-6-17(7-5-16)25-10-1-2-11-25/h3-8,13-14H,1-2,9-12H2,(H,24,27). The lowest BCUT2D eigenvalue weighted by molar-refractivity contribution is -0.116. The first-order valence-corrected chi connectivity index (χ1v) is 10.2. The van der Waals surface area contributed by atoms with Crippen molar-refractivity contribution in [3.63, 3.8) is 0 Å². The van der Waals surface area contributed by atoms with Crippen LogP contribution < -0.4 is 15.8 Å². The van der Waals surface area contributed by atoms with E-state index in [4.69, 9.17) is 0 Å². The maximum absolute atomic E-state index is 12.6. The SMILES string of the molecule is O=C(CCn1cnc2ccc(Br)cc2c1=O)Nc1ccc(N2CCCC2)cc1. The van der Waals surface area contributed by atoms with Crippen molar-refractivity contribution in [2.75, 3.05) is 23.3 Å². The Labute approximate surface area is 171 Å². The first kappa shape index (κ1) is 18.7. The minimum absolute atomic E-state index is 0.129. The van der Waals surface area contributed by atoms with Crippen molar-refractivity contribution in [3.05, 3.63) is 63.6 Å². The van der Waals surface area contributed by atoms with E-state index in [1.165, 1.54) is 29.4 Å². The van der Waals surface area contributed by atoms with Gasteiger partial charge in [0, 0.05) is 41.9 Å². The molecule has 1 fully saturated rings. The quantitative estimate of drug-likeness (QED) is 0.655. The highest BCUT2D eigenvalue weighted by molar-refractivity contribution is 9.10. The zero-order valence-corrected chi connectivity index (χ0v) is 17.0. The van der Waals surface area contributed by atoms with Crippen LogP contribution in [-0.4, -0.2) is 28.5 Å². The summed E-state index contributed by atoms with van der Waals surface area (Å²) in [6.07, 6.45) is 4.17. The van der Waals surface area contributed by atoms with Crippen LogP contribution in [0.4, 0.5) is 11.4 Å². The Bertz CT molecular complexity index is 1060. The summed E-state index contributed by atoms with van der Waals surface area (Å²) in [5.41, 5.74) is 2.46. The van der Waals surface area contributed by atoms with Gasteiger partial charge in [0.15, 0.2) is 0 Å². The van der Waals surface area contributed by atoms with Crippen molar-refractivity contribution in [2.45, 2.75) is 25.8 Å². The summed E-state index contributed by atoms with van der Waals surface area (Å²) in [6, 6.07) is 13.3. The Kier molecular flexibility index (Phi) is 5.43. The molecule has 2 aromatic carbocycles. The van der Waals surface area contributed by atoms with Crippen molar-refractivity contribution < 1.29 is 4.79 Å². The van der Waals surface area contributed by atoms with E-state index in [0.29, 0.717) is 10.9 Å². The Morgan fingerprint density at radius 1 is 1.11 bits per heavy atom. The fourth-order valence-corrected chi connectivity index (χ4v) is 3.83. The molecule has 1 aliphatic rings. The molecule has 0 bridgehead atoms. The lowest BCUT2D eigenvalue weighted by Crippen LogP contribution is -2.23. The molecule has 7 heteroatoms. The van der Waals surface area contributed by atoms with Gasteiger partial charge in [0.2, 0.25) is 5.91 Å². The Balaban J connectivity index is 1.38. The first-order valence-electron chi connectivity index (χ1n) is 9.40. The van der Waals surface area contributed by atoms with Crippen LogP contribution in [0.25, 0.3) is 10.9 Å². The third-order valence-electron chi connectivity index (χ3n) is 4.99. The van der Waals surface area contributed by atoms with Gasteiger partial charge in [0.25, 0.3) is 5.56 Å². The molecule has 144 valence electrons. The number of nitrogens with zero attached hydrogens (tertiary/aromatic N) is 3. The summed E-state index contributed by atoms with van der Waals surface area (Å²) in [5.74, 6) is -0.129. The fraction of sp³-hybridized carbons (Fsp3) is 0.286. The molecule has 0 atom stereocenters. The lowest BCUT2D eigenvalue weighted by atomic mass is 10.2. The summed E-state index contributed by atoms with van der Waals surface area (Å²) in [7, 11) is 0. The molecule has 2 heterocycles. The number of benzene rings is 2. The van der Waals surface area contributed by atoms with Gasteiger partial charge in [0.1, 0.15) is 0 Å². The van der Waals surface area contributed by atoms with Gasteiger partial charge in [-0.3, -0.25) is 14.2 Å². The van der Waals surface area contributed by atoms with Crippen LogP contribution >= 0.6 is 15.9 Å². The molecule has 0 unspecified atom stereocenters. The highest BCUT2D eigenvalue weighted by Gasteiger charge is 2.12. The number of rotatable bonds is 5. The van der Waals surface area contributed by atoms with Crippen molar-refractivity contribution in [1.29, 1.82) is 0 Å². The summed E-state index contributed by atoms with van der Waals surface area (Å²) in [5, 5.41) is 3.43. The molecule has 0 radical (unpaired) electrons. The van der Waals surface area contributed by atoms with Gasteiger partial charge in [-0.05, 0) is 55.3 Å². The molecule has 28 heavy (non-hydrogen) atoms. The number of aromatic nitrogens is 2. The number of hydrogen-bond donors (Lipinski definition) is 1. The van der Waals surface area contributed by atoms with E-state index in [1.54, 1.807) is 12.1 Å². The fourth-order valence-electron chi connectivity index (χ4n) is 3.47. The van der Waals surface area contributed by atoms with E-state index in [2.05, 4.69) is 31.1 Å². The van der Waals surface area contributed by atoms with Gasteiger partial charge in [-0.2, -0.15) is 0 Å². The zero-order chi connectivity index (χ0) is 19.5. The van der Waals surface area contributed by atoms with Crippen LogP contribution in [0.3, 0.4) is 0 Å².